The monoisotopic (exact) mass is 455 g/mol. The van der Waals surface area contributed by atoms with Crippen LogP contribution in [0.3, 0.4) is 0 Å². The SMILES string of the molecule is O=C(CCl)Nc1cc2ncnc(Nc3ccc(F)c(Cl)c3)c2cc1NC(=O)CCl. The third kappa shape index (κ3) is 5.03. The number of benzene rings is 2. The number of hydrogen-bond donors (Lipinski definition) is 3. The predicted molar refractivity (Wildman–Crippen MR) is 113 cm³/mol. The van der Waals surface area contributed by atoms with Crippen LogP contribution in [0.5, 0.6) is 0 Å². The second kappa shape index (κ2) is 9.21. The summed E-state index contributed by atoms with van der Waals surface area (Å²) in [6.07, 6.45) is 1.32. The number of amides is 2. The van der Waals surface area contributed by atoms with Gasteiger partial charge < -0.3 is 16.0 Å². The standard InChI is InChI=1S/C18H13Cl3FN5O2/c19-6-16(28)26-14-4-10-13(5-15(14)27-17(29)7-20)23-8-24-18(10)25-9-1-2-12(22)11(21)3-9/h1-5,8H,6-7H2,(H,26,28)(H,27,29)(H,23,24,25). The van der Waals surface area contributed by atoms with Crippen molar-refractivity contribution in [3.8, 4) is 0 Å². The fraction of sp³-hybridized carbons (Fsp3) is 0.111. The lowest BCUT2D eigenvalue weighted by molar-refractivity contribution is -0.114. The fourth-order valence-electron chi connectivity index (χ4n) is 2.49. The number of nitrogens with one attached hydrogen (secondary N) is 3. The van der Waals surface area contributed by atoms with E-state index in [9.17, 15) is 14.0 Å². The summed E-state index contributed by atoms with van der Waals surface area (Å²) < 4.78 is 13.4. The van der Waals surface area contributed by atoms with E-state index in [1.807, 2.05) is 0 Å². The first kappa shape index (κ1) is 21.0. The Morgan fingerprint density at radius 2 is 1.62 bits per heavy atom. The highest BCUT2D eigenvalue weighted by molar-refractivity contribution is 6.31. The van der Waals surface area contributed by atoms with Crippen molar-refractivity contribution in [1.82, 2.24) is 9.97 Å². The van der Waals surface area contributed by atoms with Crippen LogP contribution in [0.4, 0.5) is 27.3 Å². The number of aromatic nitrogens is 2. The van der Waals surface area contributed by atoms with Crippen molar-refractivity contribution in [3.63, 3.8) is 0 Å². The number of carbonyl (C=O) groups is 2. The molecule has 7 nitrogen and oxygen atoms in total. The Balaban J connectivity index is 2.07. The molecule has 1 heterocycles. The van der Waals surface area contributed by atoms with Gasteiger partial charge in [-0.25, -0.2) is 14.4 Å². The van der Waals surface area contributed by atoms with E-state index >= 15 is 0 Å². The van der Waals surface area contributed by atoms with Crippen LogP contribution < -0.4 is 16.0 Å². The van der Waals surface area contributed by atoms with E-state index in [1.165, 1.54) is 24.5 Å². The summed E-state index contributed by atoms with van der Waals surface area (Å²) in [4.78, 5) is 31.9. The van der Waals surface area contributed by atoms with E-state index in [4.69, 9.17) is 34.8 Å². The number of carbonyl (C=O) groups excluding carboxylic acids is 2. The molecule has 0 fully saturated rings. The van der Waals surface area contributed by atoms with E-state index in [2.05, 4.69) is 25.9 Å². The van der Waals surface area contributed by atoms with Crippen molar-refractivity contribution in [2.24, 2.45) is 0 Å². The molecule has 0 unspecified atom stereocenters. The zero-order valence-electron chi connectivity index (χ0n) is 14.6. The molecule has 11 heteroatoms. The van der Waals surface area contributed by atoms with Crippen molar-refractivity contribution in [2.45, 2.75) is 0 Å². The zero-order valence-corrected chi connectivity index (χ0v) is 16.9. The summed E-state index contributed by atoms with van der Waals surface area (Å²) in [5.41, 5.74) is 1.57. The third-order valence-corrected chi connectivity index (χ3v) is 4.52. The molecule has 2 amide bonds. The maximum absolute atomic E-state index is 13.4. The minimum Gasteiger partial charge on any atom is -0.340 e. The fourth-order valence-corrected chi connectivity index (χ4v) is 2.80. The van der Waals surface area contributed by atoms with Crippen LogP contribution in [0.15, 0.2) is 36.7 Å². The normalized spacial score (nSPS) is 10.6. The van der Waals surface area contributed by atoms with Gasteiger partial charge in [0.05, 0.1) is 21.9 Å². The summed E-state index contributed by atoms with van der Waals surface area (Å²) in [5, 5.41) is 8.72. The Hall–Kier alpha value is -2.68. The van der Waals surface area contributed by atoms with Gasteiger partial charge in [0.1, 0.15) is 29.7 Å². The van der Waals surface area contributed by atoms with E-state index < -0.39 is 17.6 Å². The van der Waals surface area contributed by atoms with E-state index in [-0.39, 0.29) is 22.5 Å². The van der Waals surface area contributed by atoms with E-state index in [1.54, 1.807) is 12.1 Å². The average molecular weight is 457 g/mol. The van der Waals surface area contributed by atoms with Gasteiger partial charge in [0, 0.05) is 11.1 Å². The lowest BCUT2D eigenvalue weighted by atomic mass is 10.1. The topological polar surface area (TPSA) is 96.0 Å². The Labute approximate surface area is 179 Å². The first-order chi connectivity index (χ1) is 13.9. The first-order valence-electron chi connectivity index (χ1n) is 8.13. The molecule has 3 aromatic rings. The molecule has 3 rings (SSSR count). The van der Waals surface area contributed by atoms with Gasteiger partial charge in [-0.3, -0.25) is 9.59 Å². The molecule has 0 radical (unpaired) electrons. The first-order valence-corrected chi connectivity index (χ1v) is 9.58. The van der Waals surface area contributed by atoms with Gasteiger partial charge in [-0.2, -0.15) is 0 Å². The number of nitrogens with zero attached hydrogens (tertiary/aromatic N) is 2. The van der Waals surface area contributed by atoms with Gasteiger partial charge in [-0.1, -0.05) is 11.6 Å². The predicted octanol–water partition coefficient (Wildman–Crippen LogP) is 4.52. The van der Waals surface area contributed by atoms with Crippen molar-refractivity contribution in [3.05, 3.63) is 47.5 Å². The smallest absolute Gasteiger partial charge is 0.239 e. The number of anilines is 4. The van der Waals surface area contributed by atoms with Crippen molar-refractivity contribution in [2.75, 3.05) is 27.7 Å². The lowest BCUT2D eigenvalue weighted by Crippen LogP contribution is -2.18. The molecule has 0 bridgehead atoms. The highest BCUT2D eigenvalue weighted by Gasteiger charge is 2.14. The molecule has 0 aliphatic rings. The molecule has 0 spiro atoms. The van der Waals surface area contributed by atoms with Crippen LogP contribution >= 0.6 is 34.8 Å². The van der Waals surface area contributed by atoms with Gasteiger partial charge >= 0.3 is 0 Å². The van der Waals surface area contributed by atoms with E-state index in [0.717, 1.165) is 0 Å². The number of alkyl halides is 2. The molecule has 0 atom stereocenters. The lowest BCUT2D eigenvalue weighted by Gasteiger charge is -2.15. The summed E-state index contributed by atoms with van der Waals surface area (Å²) in [6, 6.07) is 7.28. The molecule has 1 aromatic heterocycles. The maximum Gasteiger partial charge on any atom is 0.239 e. The van der Waals surface area contributed by atoms with Crippen LogP contribution in [-0.4, -0.2) is 33.5 Å². The molecule has 29 heavy (non-hydrogen) atoms. The number of rotatable bonds is 6. The zero-order chi connectivity index (χ0) is 21.0. The number of hydrogen-bond acceptors (Lipinski definition) is 5. The number of halogens is 4. The van der Waals surface area contributed by atoms with Crippen LogP contribution in [0.2, 0.25) is 5.02 Å². The minimum absolute atomic E-state index is 0.0468. The summed E-state index contributed by atoms with van der Waals surface area (Å²) in [7, 11) is 0. The van der Waals surface area contributed by atoms with Gasteiger partial charge in [-0.05, 0) is 30.3 Å². The second-order valence-corrected chi connectivity index (χ2v) is 6.70. The third-order valence-electron chi connectivity index (χ3n) is 3.75. The maximum atomic E-state index is 13.4. The van der Waals surface area contributed by atoms with Crippen molar-refractivity contribution in [1.29, 1.82) is 0 Å². The van der Waals surface area contributed by atoms with Gasteiger partial charge in [-0.15, -0.1) is 23.2 Å². The van der Waals surface area contributed by atoms with Crippen molar-refractivity contribution < 1.29 is 14.0 Å². The largest absolute Gasteiger partial charge is 0.340 e. The van der Waals surface area contributed by atoms with Crippen LogP contribution in [-0.2, 0) is 9.59 Å². The molecule has 0 aliphatic carbocycles. The molecule has 2 aromatic carbocycles. The molecular formula is C18H13Cl3FN5O2. The molecule has 0 saturated carbocycles. The Bertz CT molecular complexity index is 1100. The second-order valence-electron chi connectivity index (χ2n) is 5.75. The molecule has 150 valence electrons. The van der Waals surface area contributed by atoms with Crippen molar-refractivity contribution >= 4 is 80.4 Å². The highest BCUT2D eigenvalue weighted by Crippen LogP contribution is 2.32. The van der Waals surface area contributed by atoms with Crippen LogP contribution in [0.1, 0.15) is 0 Å². The molecular weight excluding hydrogens is 444 g/mol. The summed E-state index contributed by atoms with van der Waals surface area (Å²) in [5.74, 6) is -1.62. The van der Waals surface area contributed by atoms with Gasteiger partial charge in [0.25, 0.3) is 0 Å². The molecule has 0 saturated heterocycles. The van der Waals surface area contributed by atoms with Crippen LogP contribution in [0, 0.1) is 5.82 Å². The van der Waals surface area contributed by atoms with Gasteiger partial charge in [0.15, 0.2) is 0 Å². The van der Waals surface area contributed by atoms with Crippen LogP contribution in [0.25, 0.3) is 10.9 Å². The number of fused-ring (bicyclic) bond motifs is 1. The molecule has 3 N–H and O–H groups in total. The summed E-state index contributed by atoms with van der Waals surface area (Å²) in [6.45, 7) is 0. The summed E-state index contributed by atoms with van der Waals surface area (Å²) >= 11 is 16.9. The minimum atomic E-state index is -0.546. The Morgan fingerprint density at radius 3 is 2.24 bits per heavy atom. The van der Waals surface area contributed by atoms with E-state index in [0.29, 0.717) is 28.1 Å². The average Bonchev–Trinajstić information content (AvgIpc) is 2.71. The highest BCUT2D eigenvalue weighted by atomic mass is 35.5. The quantitative estimate of drug-likeness (QED) is 0.474. The molecule has 0 aliphatic heterocycles. The Kier molecular flexibility index (Phi) is 6.68. The van der Waals surface area contributed by atoms with Gasteiger partial charge in [0.2, 0.25) is 11.8 Å². The Morgan fingerprint density at radius 1 is 0.966 bits per heavy atom.